The van der Waals surface area contributed by atoms with Crippen LogP contribution in [0, 0.1) is 5.92 Å². The molecule has 4 aromatic heterocycles. The molecule has 2 aliphatic heterocycles. The van der Waals surface area contributed by atoms with Crippen molar-refractivity contribution in [2.24, 2.45) is 18.7 Å². The lowest BCUT2D eigenvalue weighted by Gasteiger charge is -2.33. The van der Waals surface area contributed by atoms with Gasteiger partial charge in [-0.15, -0.1) is 0 Å². The van der Waals surface area contributed by atoms with Gasteiger partial charge >= 0.3 is 5.97 Å². The summed E-state index contributed by atoms with van der Waals surface area (Å²) >= 11 is 0. The summed E-state index contributed by atoms with van der Waals surface area (Å²) in [6.45, 7) is 1.11. The summed E-state index contributed by atoms with van der Waals surface area (Å²) in [7, 11) is 3.50. The molecule has 3 aliphatic rings. The van der Waals surface area contributed by atoms with E-state index < -0.39 is 12.2 Å². The fourth-order valence-electron chi connectivity index (χ4n) is 6.59. The fourth-order valence-corrected chi connectivity index (χ4v) is 6.59. The van der Waals surface area contributed by atoms with Gasteiger partial charge in [-0.05, 0) is 61.6 Å². The number of alkyl halides is 1. The quantitative estimate of drug-likeness (QED) is 0.286. The smallest absolute Gasteiger partial charge is 0.317 e. The first-order valence-electron chi connectivity index (χ1n) is 15.2. The zero-order chi connectivity index (χ0) is 31.0. The summed E-state index contributed by atoms with van der Waals surface area (Å²) in [5.74, 6) is 1.65. The van der Waals surface area contributed by atoms with E-state index >= 15 is 0 Å². The van der Waals surface area contributed by atoms with E-state index in [0.717, 1.165) is 52.9 Å². The Kier molecular flexibility index (Phi) is 6.38. The fraction of sp³-hybridized carbons (Fsp3) is 0.364. The third-order valence-electron chi connectivity index (χ3n) is 8.99. The Hall–Kier alpha value is -4.84. The van der Waals surface area contributed by atoms with Crippen molar-refractivity contribution in [2.75, 3.05) is 20.2 Å². The monoisotopic (exact) mass is 609 g/mol. The number of aromatic nitrogens is 5. The molecule has 5 aromatic rings. The lowest BCUT2D eigenvalue weighted by Crippen LogP contribution is -2.50. The van der Waals surface area contributed by atoms with Crippen molar-refractivity contribution in [3.05, 3.63) is 53.9 Å². The van der Waals surface area contributed by atoms with Gasteiger partial charge in [0.25, 0.3) is 5.91 Å². The van der Waals surface area contributed by atoms with Crippen LogP contribution in [-0.4, -0.2) is 73.3 Å². The lowest BCUT2D eigenvalue weighted by molar-refractivity contribution is -0.131. The zero-order valence-electron chi connectivity index (χ0n) is 25.0. The first kappa shape index (κ1) is 27.7. The largest absolute Gasteiger partial charge is 0.494 e. The Labute approximate surface area is 257 Å². The lowest BCUT2D eigenvalue weighted by atomic mass is 10.0. The molecule has 1 amide bonds. The Bertz CT molecular complexity index is 2020. The number of carbonyl (C=O) groups is 2. The number of pyridine rings is 2. The number of nitrogens with zero attached hydrogens (tertiary/aromatic N) is 6. The molecule has 2 atom stereocenters. The van der Waals surface area contributed by atoms with Gasteiger partial charge in [0.1, 0.15) is 23.1 Å². The number of halogens is 1. The van der Waals surface area contributed by atoms with Crippen LogP contribution in [0.4, 0.5) is 4.39 Å². The van der Waals surface area contributed by atoms with Crippen LogP contribution in [-0.2, 0) is 24.8 Å². The standard InChI is InChI=1S/C33H32FN7O4/c1-39-30-25(7-19(9-28(30)44-2)33(43)40-15-21(34)11-22(35)16-40)38-32(39)26-8-18-5-6-23(37-31(18)41(26)14-17-3-4-17)20-10-27-24(36-13-20)12-29(42)45-27/h5-10,13,17,21-22H,3-4,11-12,14-16,35H2,1-2H3/t21-,22-/m1/s1. The summed E-state index contributed by atoms with van der Waals surface area (Å²) in [5.41, 5.74) is 11.6. The average Bonchev–Trinajstić information content (AvgIpc) is 3.53. The summed E-state index contributed by atoms with van der Waals surface area (Å²) in [5, 5.41) is 0.965. The van der Waals surface area contributed by atoms with E-state index in [-0.39, 0.29) is 31.3 Å². The third kappa shape index (κ3) is 4.80. The van der Waals surface area contributed by atoms with Crippen molar-refractivity contribution in [3.8, 4) is 34.3 Å². The van der Waals surface area contributed by atoms with Crippen LogP contribution in [0.25, 0.3) is 44.8 Å². The number of fused-ring (bicyclic) bond motifs is 3. The SMILES string of the molecule is COc1cc(C(=O)N2C[C@H](N)C[C@@H](F)C2)cc2nc(-c3cc4ccc(-c5cnc6c(c5)OC(=O)C6)nc4n3CC3CC3)n(C)c12. The molecule has 1 aromatic carbocycles. The van der Waals surface area contributed by atoms with Crippen LogP contribution in [0.15, 0.2) is 42.6 Å². The second kappa shape index (κ2) is 10.4. The summed E-state index contributed by atoms with van der Waals surface area (Å²) in [6, 6.07) is 10.9. The van der Waals surface area contributed by atoms with E-state index in [0.29, 0.717) is 46.6 Å². The van der Waals surface area contributed by atoms with Crippen LogP contribution in [0.5, 0.6) is 11.5 Å². The van der Waals surface area contributed by atoms with Gasteiger partial charge in [-0.1, -0.05) is 0 Å². The van der Waals surface area contributed by atoms with Crippen molar-refractivity contribution < 1.29 is 23.5 Å². The maximum atomic E-state index is 14.3. The highest BCUT2D eigenvalue weighted by Gasteiger charge is 2.31. The number of benzene rings is 1. The van der Waals surface area contributed by atoms with Gasteiger partial charge < -0.3 is 29.2 Å². The Morgan fingerprint density at radius 2 is 2.00 bits per heavy atom. The maximum absolute atomic E-state index is 14.3. The van der Waals surface area contributed by atoms with E-state index in [1.807, 2.05) is 29.8 Å². The zero-order valence-corrected chi connectivity index (χ0v) is 25.0. The van der Waals surface area contributed by atoms with Gasteiger partial charge in [0.15, 0.2) is 11.6 Å². The van der Waals surface area contributed by atoms with E-state index in [9.17, 15) is 14.0 Å². The molecule has 11 nitrogen and oxygen atoms in total. The number of rotatable bonds is 6. The second-order valence-corrected chi connectivity index (χ2v) is 12.4. The molecule has 8 rings (SSSR count). The normalized spacial score (nSPS) is 19.7. The minimum Gasteiger partial charge on any atom is -0.494 e. The molecule has 0 bridgehead atoms. The Morgan fingerprint density at radius 1 is 1.16 bits per heavy atom. The van der Waals surface area contributed by atoms with E-state index in [1.165, 1.54) is 4.90 Å². The summed E-state index contributed by atoms with van der Waals surface area (Å²) in [4.78, 5) is 41.2. The van der Waals surface area contributed by atoms with Crippen molar-refractivity contribution in [2.45, 2.75) is 44.4 Å². The number of methoxy groups -OCH3 is 1. The highest BCUT2D eigenvalue weighted by Crippen LogP contribution is 2.38. The number of amides is 1. The van der Waals surface area contributed by atoms with E-state index in [4.69, 9.17) is 25.2 Å². The molecule has 1 saturated carbocycles. The molecule has 0 radical (unpaired) electrons. The number of hydrogen-bond acceptors (Lipinski definition) is 8. The number of nitrogens with two attached hydrogens (primary N) is 1. The molecule has 1 aliphatic carbocycles. The Morgan fingerprint density at radius 3 is 2.78 bits per heavy atom. The summed E-state index contributed by atoms with van der Waals surface area (Å²) in [6.07, 6.45) is 3.32. The molecule has 0 unspecified atom stereocenters. The van der Waals surface area contributed by atoms with Crippen LogP contribution in [0.3, 0.4) is 0 Å². The molecule has 45 heavy (non-hydrogen) atoms. The number of likely N-dealkylation sites (tertiary alicyclic amines) is 1. The van der Waals surface area contributed by atoms with Crippen LogP contribution >= 0.6 is 0 Å². The number of aryl methyl sites for hydroxylation is 1. The predicted molar refractivity (Wildman–Crippen MR) is 165 cm³/mol. The molecule has 230 valence electrons. The number of piperidine rings is 1. The predicted octanol–water partition coefficient (Wildman–Crippen LogP) is 4.04. The van der Waals surface area contributed by atoms with E-state index in [2.05, 4.69) is 15.6 Å². The first-order valence-corrected chi connectivity index (χ1v) is 15.2. The molecular weight excluding hydrogens is 577 g/mol. The molecule has 1 saturated heterocycles. The van der Waals surface area contributed by atoms with Crippen molar-refractivity contribution in [1.82, 2.24) is 29.0 Å². The number of ether oxygens (including phenoxy) is 2. The minimum atomic E-state index is -1.15. The maximum Gasteiger partial charge on any atom is 0.317 e. The van der Waals surface area contributed by atoms with Gasteiger partial charge in [-0.2, -0.15) is 0 Å². The van der Waals surface area contributed by atoms with Gasteiger partial charge in [0, 0.05) is 48.9 Å². The molecule has 12 heteroatoms. The van der Waals surface area contributed by atoms with Crippen molar-refractivity contribution >= 4 is 33.9 Å². The van der Waals surface area contributed by atoms with E-state index in [1.54, 1.807) is 25.4 Å². The molecule has 6 heterocycles. The highest BCUT2D eigenvalue weighted by atomic mass is 19.1. The topological polar surface area (TPSA) is 130 Å². The van der Waals surface area contributed by atoms with Gasteiger partial charge in [0.2, 0.25) is 0 Å². The second-order valence-electron chi connectivity index (χ2n) is 12.4. The number of carbonyl (C=O) groups excluding carboxylic acids is 2. The van der Waals surface area contributed by atoms with Crippen LogP contribution in [0.1, 0.15) is 35.3 Å². The molecule has 2 fully saturated rings. The van der Waals surface area contributed by atoms with Crippen LogP contribution in [0.2, 0.25) is 0 Å². The highest BCUT2D eigenvalue weighted by molar-refractivity contribution is 6.00. The molecular formula is C33H32FN7O4. The molecule has 0 spiro atoms. The average molecular weight is 610 g/mol. The molecule has 2 N–H and O–H groups in total. The Balaban J connectivity index is 1.22. The van der Waals surface area contributed by atoms with Crippen LogP contribution < -0.4 is 15.2 Å². The first-order chi connectivity index (χ1) is 21.7. The number of esters is 1. The number of hydrogen-bond donors (Lipinski definition) is 1. The summed E-state index contributed by atoms with van der Waals surface area (Å²) < 4.78 is 29.6. The minimum absolute atomic E-state index is 0.0171. The van der Waals surface area contributed by atoms with Gasteiger partial charge in [0.05, 0.1) is 42.7 Å². The number of imidazole rings is 1. The van der Waals surface area contributed by atoms with Gasteiger partial charge in [-0.25, -0.2) is 14.4 Å². The van der Waals surface area contributed by atoms with Crippen molar-refractivity contribution in [3.63, 3.8) is 0 Å². The third-order valence-corrected chi connectivity index (χ3v) is 8.99. The van der Waals surface area contributed by atoms with Gasteiger partial charge in [-0.3, -0.25) is 14.6 Å². The van der Waals surface area contributed by atoms with Crippen molar-refractivity contribution in [1.29, 1.82) is 0 Å².